The summed E-state index contributed by atoms with van der Waals surface area (Å²) in [6.07, 6.45) is 3.20. The summed E-state index contributed by atoms with van der Waals surface area (Å²) in [5, 5.41) is 4.34. The minimum Gasteiger partial charge on any atom is -0.375 e. The number of methoxy groups -OCH3 is 1. The van der Waals surface area contributed by atoms with Crippen LogP contribution in [0.2, 0.25) is 0 Å². The number of anilines is 3. The lowest BCUT2D eigenvalue weighted by molar-refractivity contribution is -0.135. The lowest BCUT2D eigenvalue weighted by atomic mass is 10.2. The van der Waals surface area contributed by atoms with E-state index in [-0.39, 0.29) is 18.1 Å². The highest BCUT2D eigenvalue weighted by Gasteiger charge is 2.21. The Kier molecular flexibility index (Phi) is 6.44. The van der Waals surface area contributed by atoms with Crippen LogP contribution in [-0.2, 0) is 9.53 Å². The molecule has 0 bridgehead atoms. The predicted molar refractivity (Wildman–Crippen MR) is 160 cm³/mol. The monoisotopic (exact) mass is 561 g/mol. The topological polar surface area (TPSA) is 123 Å². The highest BCUT2D eigenvalue weighted by Crippen LogP contribution is 2.25. The number of hydrogen-bond acceptors (Lipinski definition) is 9. The van der Waals surface area contributed by atoms with E-state index in [2.05, 4.69) is 25.2 Å². The van der Waals surface area contributed by atoms with Crippen LogP contribution >= 0.6 is 0 Å². The highest BCUT2D eigenvalue weighted by atomic mass is 16.5. The van der Waals surface area contributed by atoms with Crippen molar-refractivity contribution in [2.75, 3.05) is 50.1 Å². The molecule has 1 fully saturated rings. The second-order valence-corrected chi connectivity index (χ2v) is 9.97. The van der Waals surface area contributed by atoms with E-state index in [1.54, 1.807) is 10.9 Å². The molecule has 0 aliphatic carbocycles. The van der Waals surface area contributed by atoms with Gasteiger partial charge in [-0.05, 0) is 48.5 Å². The maximum atomic E-state index is 13.7. The van der Waals surface area contributed by atoms with Crippen LogP contribution in [0.1, 0.15) is 0 Å². The summed E-state index contributed by atoms with van der Waals surface area (Å²) >= 11 is 0. The van der Waals surface area contributed by atoms with Crippen LogP contribution in [0.25, 0.3) is 33.4 Å². The molecule has 210 valence electrons. The smallest absolute Gasteiger partial charge is 0.284 e. The molecule has 6 aromatic rings. The van der Waals surface area contributed by atoms with Gasteiger partial charge in [0.1, 0.15) is 12.0 Å². The van der Waals surface area contributed by atoms with Gasteiger partial charge in [-0.15, -0.1) is 0 Å². The van der Waals surface area contributed by atoms with Crippen LogP contribution in [-0.4, -0.2) is 79.8 Å². The van der Waals surface area contributed by atoms with Gasteiger partial charge < -0.3 is 19.9 Å². The fourth-order valence-corrected chi connectivity index (χ4v) is 5.36. The zero-order valence-electron chi connectivity index (χ0n) is 22.8. The van der Waals surface area contributed by atoms with Gasteiger partial charge >= 0.3 is 0 Å². The molecule has 1 amide bonds. The van der Waals surface area contributed by atoms with Gasteiger partial charge in [-0.2, -0.15) is 9.50 Å². The Morgan fingerprint density at radius 2 is 1.69 bits per heavy atom. The highest BCUT2D eigenvalue weighted by molar-refractivity contribution is 5.95. The third-order valence-corrected chi connectivity index (χ3v) is 7.43. The Hall–Kier alpha value is -5.36. The van der Waals surface area contributed by atoms with Crippen molar-refractivity contribution in [1.29, 1.82) is 0 Å². The number of hydrogen-bond donors (Lipinski definition) is 1. The Morgan fingerprint density at radius 1 is 0.905 bits per heavy atom. The molecule has 12 heteroatoms. The van der Waals surface area contributed by atoms with Crippen LogP contribution in [0.3, 0.4) is 0 Å². The third kappa shape index (κ3) is 4.47. The maximum Gasteiger partial charge on any atom is 0.284 e. The summed E-state index contributed by atoms with van der Waals surface area (Å²) in [6.45, 7) is 2.94. The molecule has 1 N–H and O–H groups in total. The van der Waals surface area contributed by atoms with Crippen molar-refractivity contribution < 1.29 is 9.53 Å². The number of nitrogens with one attached hydrogen (secondary N) is 1. The van der Waals surface area contributed by atoms with E-state index >= 15 is 0 Å². The summed E-state index contributed by atoms with van der Waals surface area (Å²) in [6, 6.07) is 21.2. The van der Waals surface area contributed by atoms with E-state index < -0.39 is 0 Å². The van der Waals surface area contributed by atoms with Crippen LogP contribution in [0, 0.1) is 0 Å². The first-order chi connectivity index (χ1) is 20.6. The molecular formula is C30H27N9O3. The molecule has 1 saturated heterocycles. The number of nitrogens with zero attached hydrogens (tertiary/aromatic N) is 8. The summed E-state index contributed by atoms with van der Waals surface area (Å²) in [7, 11) is 1.53. The van der Waals surface area contributed by atoms with Gasteiger partial charge in [-0.1, -0.05) is 18.2 Å². The average molecular weight is 562 g/mol. The molecule has 4 aromatic heterocycles. The van der Waals surface area contributed by atoms with Crippen LogP contribution in [0.4, 0.5) is 17.3 Å². The third-order valence-electron chi connectivity index (χ3n) is 7.43. The van der Waals surface area contributed by atoms with E-state index in [9.17, 15) is 9.59 Å². The molecule has 42 heavy (non-hydrogen) atoms. The molecule has 2 aromatic carbocycles. The van der Waals surface area contributed by atoms with Crippen molar-refractivity contribution in [2.24, 2.45) is 0 Å². The molecule has 0 atom stereocenters. The van der Waals surface area contributed by atoms with E-state index in [0.29, 0.717) is 41.5 Å². The molecule has 1 aliphatic rings. The number of fused-ring (bicyclic) bond motifs is 4. The Balaban J connectivity index is 1.17. The number of aromatic nitrogens is 6. The van der Waals surface area contributed by atoms with E-state index in [1.165, 1.54) is 17.8 Å². The predicted octanol–water partition coefficient (Wildman–Crippen LogP) is 3.02. The molecular weight excluding hydrogens is 534 g/mol. The molecule has 12 nitrogen and oxygen atoms in total. The van der Waals surface area contributed by atoms with Crippen molar-refractivity contribution in [2.45, 2.75) is 0 Å². The molecule has 0 radical (unpaired) electrons. The van der Waals surface area contributed by atoms with Crippen molar-refractivity contribution >= 4 is 50.8 Å². The largest absolute Gasteiger partial charge is 0.375 e. The van der Waals surface area contributed by atoms with Crippen LogP contribution < -0.4 is 15.8 Å². The number of ether oxygens (including phenoxy) is 1. The Bertz CT molecular complexity index is 1980. The lowest BCUT2D eigenvalue weighted by Crippen LogP contribution is -2.49. The minimum absolute atomic E-state index is 0.0176. The van der Waals surface area contributed by atoms with Gasteiger partial charge in [0.2, 0.25) is 11.9 Å². The van der Waals surface area contributed by atoms with Crippen molar-refractivity contribution in [1.82, 2.24) is 34.0 Å². The number of piperazine rings is 1. The standard InChI is InChI=1S/C30H27N9O3/c1-42-19-26(40)37-16-14-36(15-17-37)21-11-9-20(10-12-21)33-30-32-18-23-27(35-30)34-28-22-6-2-3-7-24(22)38(39(28)29(23)41)25-8-4-5-13-31-25/h2-13,18H,14-17,19H2,1H3,(H,32,33,35). The van der Waals surface area contributed by atoms with E-state index in [1.807, 2.05) is 71.6 Å². The number of carbonyl (C=O) groups is 1. The Morgan fingerprint density at radius 3 is 2.45 bits per heavy atom. The fourth-order valence-electron chi connectivity index (χ4n) is 5.36. The minimum atomic E-state index is -0.281. The molecule has 1 aliphatic heterocycles. The lowest BCUT2D eigenvalue weighted by Gasteiger charge is -2.36. The number of carbonyl (C=O) groups excluding carboxylic acids is 1. The van der Waals surface area contributed by atoms with Crippen molar-refractivity contribution in [3.8, 4) is 5.82 Å². The number of amides is 1. The average Bonchev–Trinajstić information content (AvgIpc) is 3.37. The molecule has 5 heterocycles. The van der Waals surface area contributed by atoms with Gasteiger partial charge in [-0.3, -0.25) is 9.59 Å². The second-order valence-electron chi connectivity index (χ2n) is 9.97. The summed E-state index contributed by atoms with van der Waals surface area (Å²) in [5.41, 5.74) is 3.20. The first kappa shape index (κ1) is 25.6. The van der Waals surface area contributed by atoms with Crippen molar-refractivity contribution in [3.63, 3.8) is 0 Å². The van der Waals surface area contributed by atoms with Gasteiger partial charge in [0, 0.05) is 62.4 Å². The van der Waals surface area contributed by atoms with Gasteiger partial charge in [-0.25, -0.2) is 19.6 Å². The fraction of sp³-hybridized carbons (Fsp3) is 0.200. The van der Waals surface area contributed by atoms with Crippen molar-refractivity contribution in [3.05, 3.63) is 89.5 Å². The quantitative estimate of drug-likeness (QED) is 0.327. The second kappa shape index (κ2) is 10.6. The zero-order chi connectivity index (χ0) is 28.6. The molecule has 0 unspecified atom stereocenters. The number of para-hydroxylation sites is 1. The maximum absolute atomic E-state index is 13.7. The summed E-state index contributed by atoms with van der Waals surface area (Å²) in [4.78, 5) is 48.2. The summed E-state index contributed by atoms with van der Waals surface area (Å²) < 4.78 is 8.26. The first-order valence-corrected chi connectivity index (χ1v) is 13.6. The number of pyridine rings is 1. The van der Waals surface area contributed by atoms with Gasteiger partial charge in [0.25, 0.3) is 5.56 Å². The normalized spacial score (nSPS) is 13.7. The van der Waals surface area contributed by atoms with Crippen LogP contribution in [0.15, 0.2) is 83.9 Å². The summed E-state index contributed by atoms with van der Waals surface area (Å²) in [5.74, 6) is 0.963. The molecule has 0 spiro atoms. The molecule has 0 saturated carbocycles. The zero-order valence-corrected chi connectivity index (χ0v) is 22.8. The Labute approximate surface area is 239 Å². The van der Waals surface area contributed by atoms with Crippen LogP contribution in [0.5, 0.6) is 0 Å². The van der Waals surface area contributed by atoms with Gasteiger partial charge in [0.15, 0.2) is 17.1 Å². The van der Waals surface area contributed by atoms with E-state index in [0.717, 1.165) is 35.4 Å². The van der Waals surface area contributed by atoms with E-state index in [4.69, 9.17) is 9.72 Å². The first-order valence-electron chi connectivity index (χ1n) is 13.6. The van der Waals surface area contributed by atoms with Gasteiger partial charge in [0.05, 0.1) is 5.52 Å². The SMILES string of the molecule is COCC(=O)N1CCN(c2ccc(Nc3ncc4c(=O)n5c(nc4n3)c3ccccc3n5-c3ccccn3)cc2)CC1. The number of benzene rings is 2. The molecule has 7 rings (SSSR count). The number of rotatable bonds is 6.